The highest BCUT2D eigenvalue weighted by molar-refractivity contribution is 5.83. The molecule has 1 unspecified atom stereocenters. The van der Waals surface area contributed by atoms with Gasteiger partial charge < -0.3 is 4.74 Å². The molecule has 1 heterocycles. The Morgan fingerprint density at radius 1 is 1.00 bits per heavy atom. The SMILES string of the molecule is O=C1CCCCC1C1(N2CCOCC2)CCCCC1. The van der Waals surface area contributed by atoms with Crippen molar-refractivity contribution in [1.82, 2.24) is 4.90 Å². The minimum Gasteiger partial charge on any atom is -0.379 e. The van der Waals surface area contributed by atoms with E-state index in [0.29, 0.717) is 11.7 Å². The molecule has 19 heavy (non-hydrogen) atoms. The highest BCUT2D eigenvalue weighted by atomic mass is 16.5. The summed E-state index contributed by atoms with van der Waals surface area (Å²) < 4.78 is 5.52. The Labute approximate surface area is 116 Å². The highest BCUT2D eigenvalue weighted by Crippen LogP contribution is 2.44. The van der Waals surface area contributed by atoms with Crippen LogP contribution < -0.4 is 0 Å². The molecule has 2 saturated carbocycles. The molecule has 0 radical (unpaired) electrons. The van der Waals surface area contributed by atoms with Gasteiger partial charge in [0.2, 0.25) is 0 Å². The van der Waals surface area contributed by atoms with Gasteiger partial charge in [0.25, 0.3) is 0 Å². The maximum absolute atomic E-state index is 12.5. The van der Waals surface area contributed by atoms with Crippen molar-refractivity contribution in [3.05, 3.63) is 0 Å². The third-order valence-electron chi connectivity index (χ3n) is 5.56. The van der Waals surface area contributed by atoms with Gasteiger partial charge >= 0.3 is 0 Å². The standard InChI is InChI=1S/C16H27NO2/c18-15-7-3-2-6-14(15)16(8-4-1-5-9-16)17-10-12-19-13-11-17/h14H,1-13H2. The minimum absolute atomic E-state index is 0.194. The van der Waals surface area contributed by atoms with E-state index in [-0.39, 0.29) is 5.54 Å². The Morgan fingerprint density at radius 3 is 2.42 bits per heavy atom. The molecule has 2 aliphatic carbocycles. The van der Waals surface area contributed by atoms with Crippen LogP contribution in [0.1, 0.15) is 57.8 Å². The van der Waals surface area contributed by atoms with E-state index in [1.807, 2.05) is 0 Å². The summed E-state index contributed by atoms with van der Waals surface area (Å²) in [5, 5.41) is 0. The monoisotopic (exact) mass is 265 g/mol. The molecule has 3 nitrogen and oxygen atoms in total. The van der Waals surface area contributed by atoms with E-state index in [4.69, 9.17) is 4.74 Å². The number of nitrogens with zero attached hydrogens (tertiary/aromatic N) is 1. The fourth-order valence-corrected chi connectivity index (χ4v) is 4.61. The summed E-state index contributed by atoms with van der Waals surface area (Å²) in [6.45, 7) is 3.76. The van der Waals surface area contributed by atoms with Crippen LogP contribution in [0.3, 0.4) is 0 Å². The van der Waals surface area contributed by atoms with Crippen molar-refractivity contribution in [1.29, 1.82) is 0 Å². The molecule has 0 amide bonds. The van der Waals surface area contributed by atoms with Gasteiger partial charge in [-0.3, -0.25) is 9.69 Å². The Morgan fingerprint density at radius 2 is 1.74 bits per heavy atom. The maximum Gasteiger partial charge on any atom is 0.137 e. The molecule has 1 atom stereocenters. The number of Topliss-reactive ketones (excluding diaryl/α,β-unsaturated/α-hetero) is 1. The first-order valence-corrected chi connectivity index (χ1v) is 8.18. The summed E-state index contributed by atoms with van der Waals surface area (Å²) in [7, 11) is 0. The second-order valence-electron chi connectivity index (χ2n) is 6.53. The molecule has 0 bridgehead atoms. The normalized spacial score (nSPS) is 33.3. The molecule has 0 aromatic rings. The van der Waals surface area contributed by atoms with Crippen LogP contribution in [0.2, 0.25) is 0 Å². The van der Waals surface area contributed by atoms with Gasteiger partial charge in [0.05, 0.1) is 13.2 Å². The summed E-state index contributed by atoms with van der Waals surface area (Å²) in [5.74, 6) is 0.874. The number of rotatable bonds is 2. The molecule has 1 saturated heterocycles. The van der Waals surface area contributed by atoms with Crippen LogP contribution >= 0.6 is 0 Å². The molecule has 3 aliphatic rings. The summed E-state index contributed by atoms with van der Waals surface area (Å²) in [6.07, 6.45) is 10.8. The second-order valence-corrected chi connectivity index (χ2v) is 6.53. The van der Waals surface area contributed by atoms with Gasteiger partial charge in [0.1, 0.15) is 5.78 Å². The lowest BCUT2D eigenvalue weighted by atomic mass is 9.66. The van der Waals surface area contributed by atoms with Crippen LogP contribution in [0.15, 0.2) is 0 Å². The van der Waals surface area contributed by atoms with Crippen LogP contribution in [0.5, 0.6) is 0 Å². The molecule has 1 aliphatic heterocycles. The average molecular weight is 265 g/mol. The van der Waals surface area contributed by atoms with Crippen molar-refractivity contribution in [2.75, 3.05) is 26.3 Å². The zero-order chi connectivity index (χ0) is 13.1. The first-order chi connectivity index (χ1) is 9.33. The molecule has 0 aromatic heterocycles. The van der Waals surface area contributed by atoms with E-state index < -0.39 is 0 Å². The minimum atomic E-state index is 0.194. The Hall–Kier alpha value is -0.410. The summed E-state index contributed by atoms with van der Waals surface area (Å²) >= 11 is 0. The van der Waals surface area contributed by atoms with Crippen molar-refractivity contribution >= 4 is 5.78 Å². The number of hydrogen-bond acceptors (Lipinski definition) is 3. The first-order valence-electron chi connectivity index (χ1n) is 8.18. The van der Waals surface area contributed by atoms with Gasteiger partial charge in [0.15, 0.2) is 0 Å². The number of hydrogen-bond donors (Lipinski definition) is 0. The van der Waals surface area contributed by atoms with Crippen LogP contribution in [0, 0.1) is 5.92 Å². The lowest BCUT2D eigenvalue weighted by Crippen LogP contribution is -2.60. The molecule has 3 heteroatoms. The number of morpholine rings is 1. The smallest absolute Gasteiger partial charge is 0.137 e. The lowest BCUT2D eigenvalue weighted by Gasteiger charge is -2.52. The number of ether oxygens (including phenoxy) is 1. The second kappa shape index (κ2) is 5.92. The van der Waals surface area contributed by atoms with Gasteiger partial charge in [-0.2, -0.15) is 0 Å². The highest BCUT2D eigenvalue weighted by Gasteiger charge is 2.47. The predicted molar refractivity (Wildman–Crippen MR) is 75.2 cm³/mol. The fraction of sp³-hybridized carbons (Fsp3) is 0.938. The number of carbonyl (C=O) groups is 1. The van der Waals surface area contributed by atoms with E-state index in [9.17, 15) is 4.79 Å². The largest absolute Gasteiger partial charge is 0.379 e. The quantitative estimate of drug-likeness (QED) is 0.769. The third kappa shape index (κ3) is 2.59. The molecule has 0 spiro atoms. The summed E-state index contributed by atoms with van der Waals surface area (Å²) in [5.41, 5.74) is 0.194. The van der Waals surface area contributed by atoms with Gasteiger partial charge in [-0.1, -0.05) is 25.7 Å². The zero-order valence-electron chi connectivity index (χ0n) is 12.0. The van der Waals surface area contributed by atoms with Crippen molar-refractivity contribution in [3.63, 3.8) is 0 Å². The topological polar surface area (TPSA) is 29.5 Å². The van der Waals surface area contributed by atoms with Crippen LogP contribution in [-0.4, -0.2) is 42.5 Å². The molecule has 108 valence electrons. The van der Waals surface area contributed by atoms with E-state index in [1.165, 1.54) is 38.5 Å². The van der Waals surface area contributed by atoms with Gasteiger partial charge in [-0.15, -0.1) is 0 Å². The molecule has 0 aromatic carbocycles. The van der Waals surface area contributed by atoms with Crippen molar-refractivity contribution < 1.29 is 9.53 Å². The molecule has 3 fully saturated rings. The van der Waals surface area contributed by atoms with Crippen molar-refractivity contribution in [3.8, 4) is 0 Å². The van der Waals surface area contributed by atoms with Gasteiger partial charge in [0, 0.05) is 31.0 Å². The third-order valence-corrected chi connectivity index (χ3v) is 5.56. The zero-order valence-corrected chi connectivity index (χ0v) is 12.0. The first kappa shape index (κ1) is 13.6. The van der Waals surface area contributed by atoms with E-state index in [1.54, 1.807) is 0 Å². The van der Waals surface area contributed by atoms with E-state index in [0.717, 1.165) is 45.6 Å². The Kier molecular flexibility index (Phi) is 4.23. The molecule has 0 N–H and O–H groups in total. The van der Waals surface area contributed by atoms with E-state index in [2.05, 4.69) is 4.90 Å². The molecular weight excluding hydrogens is 238 g/mol. The lowest BCUT2D eigenvalue weighted by molar-refractivity contribution is -0.136. The maximum atomic E-state index is 12.5. The Bertz CT molecular complexity index is 317. The van der Waals surface area contributed by atoms with Gasteiger partial charge in [-0.05, 0) is 25.7 Å². The van der Waals surface area contributed by atoms with Crippen LogP contribution in [-0.2, 0) is 9.53 Å². The predicted octanol–water partition coefficient (Wildman–Crippen LogP) is 2.78. The van der Waals surface area contributed by atoms with Crippen molar-refractivity contribution in [2.45, 2.75) is 63.3 Å². The van der Waals surface area contributed by atoms with Crippen molar-refractivity contribution in [2.24, 2.45) is 5.92 Å². The summed E-state index contributed by atoms with van der Waals surface area (Å²) in [6, 6.07) is 0. The van der Waals surface area contributed by atoms with Crippen LogP contribution in [0.4, 0.5) is 0 Å². The summed E-state index contributed by atoms with van der Waals surface area (Å²) in [4.78, 5) is 15.1. The Balaban J connectivity index is 1.84. The molecular formula is C16H27NO2. The fourth-order valence-electron chi connectivity index (χ4n) is 4.61. The molecule has 3 rings (SSSR count). The average Bonchev–Trinajstić information content (AvgIpc) is 2.49. The van der Waals surface area contributed by atoms with Crippen LogP contribution in [0.25, 0.3) is 0 Å². The number of carbonyl (C=O) groups excluding carboxylic acids is 1. The van der Waals surface area contributed by atoms with Gasteiger partial charge in [-0.25, -0.2) is 0 Å². The number of ketones is 1. The van der Waals surface area contributed by atoms with E-state index >= 15 is 0 Å².